The fourth-order valence-corrected chi connectivity index (χ4v) is 1.81. The Bertz CT molecular complexity index is 353. The summed E-state index contributed by atoms with van der Waals surface area (Å²) < 4.78 is 9.69. The summed E-state index contributed by atoms with van der Waals surface area (Å²) in [6.07, 6.45) is 3.33. The molecule has 0 amide bonds. The molecule has 2 unspecified atom stereocenters. The Morgan fingerprint density at radius 2 is 1.08 bits per heavy atom. The highest BCUT2D eigenvalue weighted by atomic mass is 16.5. The van der Waals surface area contributed by atoms with E-state index >= 15 is 0 Å². The Morgan fingerprint density at radius 1 is 0.750 bits per heavy atom. The first-order valence-corrected chi connectivity index (χ1v) is 8.58. The van der Waals surface area contributed by atoms with Crippen molar-refractivity contribution in [2.75, 3.05) is 13.2 Å². The van der Waals surface area contributed by atoms with Gasteiger partial charge in [0.15, 0.2) is 0 Å². The predicted octanol–water partition coefficient (Wildman–Crippen LogP) is 2.22. The second-order valence-corrected chi connectivity index (χ2v) is 6.84. The van der Waals surface area contributed by atoms with Gasteiger partial charge in [0, 0.05) is 12.2 Å². The van der Waals surface area contributed by atoms with Crippen LogP contribution in [0.2, 0.25) is 0 Å². The van der Waals surface area contributed by atoms with Crippen LogP contribution < -0.4 is 0 Å². The van der Waals surface area contributed by atoms with Gasteiger partial charge in [-0.25, -0.2) is 9.59 Å². The number of hydrogen-bond acceptors (Lipinski definition) is 6. The topological polar surface area (TPSA) is 93.1 Å². The van der Waals surface area contributed by atoms with Crippen LogP contribution in [0.25, 0.3) is 0 Å². The second kappa shape index (κ2) is 13.0. The Labute approximate surface area is 144 Å². The van der Waals surface area contributed by atoms with Crippen LogP contribution in [0.5, 0.6) is 0 Å². The molecule has 0 aromatic carbocycles. The summed E-state index contributed by atoms with van der Waals surface area (Å²) in [5.41, 5.74) is 0. The largest absolute Gasteiger partial charge is 0.460 e. The average Bonchev–Trinajstić information content (AvgIpc) is 2.52. The van der Waals surface area contributed by atoms with E-state index in [1.54, 1.807) is 0 Å². The van der Waals surface area contributed by atoms with Crippen LogP contribution in [0.3, 0.4) is 0 Å². The highest BCUT2D eigenvalue weighted by Gasteiger charge is 2.10. The summed E-state index contributed by atoms with van der Waals surface area (Å²) in [7, 11) is 0. The third kappa shape index (κ3) is 14.2. The molecule has 24 heavy (non-hydrogen) atoms. The van der Waals surface area contributed by atoms with Crippen molar-refractivity contribution in [1.29, 1.82) is 0 Å². The van der Waals surface area contributed by atoms with E-state index in [4.69, 9.17) is 9.47 Å². The van der Waals surface area contributed by atoms with E-state index in [1.807, 2.05) is 27.7 Å². The summed E-state index contributed by atoms with van der Waals surface area (Å²) in [4.78, 5) is 22.9. The van der Waals surface area contributed by atoms with E-state index in [0.717, 1.165) is 25.0 Å². The van der Waals surface area contributed by atoms with Crippen LogP contribution in [-0.4, -0.2) is 47.6 Å². The zero-order chi connectivity index (χ0) is 18.5. The summed E-state index contributed by atoms with van der Waals surface area (Å²) in [5, 5.41) is 19.3. The van der Waals surface area contributed by atoms with Crippen LogP contribution in [0.15, 0.2) is 12.2 Å². The van der Waals surface area contributed by atoms with Crippen molar-refractivity contribution < 1.29 is 29.3 Å². The maximum atomic E-state index is 11.4. The molecule has 0 rings (SSSR count). The molecule has 140 valence electrons. The van der Waals surface area contributed by atoms with Gasteiger partial charge in [-0.15, -0.1) is 0 Å². The molecule has 0 fully saturated rings. The minimum atomic E-state index is -0.712. The molecule has 6 heteroatoms. The highest BCUT2D eigenvalue weighted by molar-refractivity contribution is 5.91. The van der Waals surface area contributed by atoms with Gasteiger partial charge in [-0.3, -0.25) is 0 Å². The standard InChI is InChI=1S/C18H32O6/c1-13(2)5-7-15(19)11-23-17(21)9-10-18(22)24-12-16(20)8-6-14(3)4/h9-10,13-16,19-20H,5-8,11-12H2,1-4H3/b10-9+. The number of esters is 2. The lowest BCUT2D eigenvalue weighted by Crippen LogP contribution is -2.19. The fraction of sp³-hybridized carbons (Fsp3) is 0.778. The summed E-state index contributed by atoms with van der Waals surface area (Å²) in [6.45, 7) is 8.00. The van der Waals surface area contributed by atoms with Crippen LogP contribution >= 0.6 is 0 Å². The molecule has 0 aliphatic rings. The molecule has 0 radical (unpaired) electrons. The Hall–Kier alpha value is -1.40. The number of rotatable bonds is 12. The van der Waals surface area contributed by atoms with Gasteiger partial charge in [-0.2, -0.15) is 0 Å². The Kier molecular flexibility index (Phi) is 12.2. The molecule has 0 saturated carbocycles. The molecule has 0 aliphatic carbocycles. The number of hydrogen-bond donors (Lipinski definition) is 2. The van der Waals surface area contributed by atoms with Gasteiger partial charge in [0.25, 0.3) is 0 Å². The van der Waals surface area contributed by atoms with E-state index in [-0.39, 0.29) is 13.2 Å². The maximum absolute atomic E-state index is 11.4. The first-order valence-electron chi connectivity index (χ1n) is 8.58. The van der Waals surface area contributed by atoms with Crippen molar-refractivity contribution in [1.82, 2.24) is 0 Å². The molecule has 0 bridgehead atoms. The Balaban J connectivity index is 3.89. The zero-order valence-electron chi connectivity index (χ0n) is 15.2. The first kappa shape index (κ1) is 22.6. The van der Waals surface area contributed by atoms with E-state index < -0.39 is 24.1 Å². The minimum absolute atomic E-state index is 0.0984. The van der Waals surface area contributed by atoms with Crippen molar-refractivity contribution in [2.24, 2.45) is 11.8 Å². The predicted molar refractivity (Wildman–Crippen MR) is 91.2 cm³/mol. The summed E-state index contributed by atoms with van der Waals surface area (Å²) >= 11 is 0. The summed E-state index contributed by atoms with van der Waals surface area (Å²) in [5.74, 6) is -0.478. The zero-order valence-corrected chi connectivity index (χ0v) is 15.2. The SMILES string of the molecule is CC(C)CCC(O)COC(=O)/C=C/C(=O)OCC(O)CCC(C)C. The number of aliphatic hydroxyl groups is 2. The van der Waals surface area contributed by atoms with Gasteiger partial charge in [0.1, 0.15) is 13.2 Å². The molecule has 0 aromatic rings. The van der Waals surface area contributed by atoms with E-state index in [0.29, 0.717) is 24.7 Å². The van der Waals surface area contributed by atoms with E-state index in [9.17, 15) is 19.8 Å². The summed E-state index contributed by atoms with van der Waals surface area (Å²) in [6, 6.07) is 0. The third-order valence-corrected chi connectivity index (χ3v) is 3.35. The molecular formula is C18H32O6. The maximum Gasteiger partial charge on any atom is 0.331 e. The normalized spacial score (nSPS) is 14.2. The third-order valence-electron chi connectivity index (χ3n) is 3.35. The molecular weight excluding hydrogens is 312 g/mol. The van der Waals surface area contributed by atoms with Crippen LogP contribution in [0.1, 0.15) is 53.4 Å². The van der Waals surface area contributed by atoms with Crippen molar-refractivity contribution in [3.8, 4) is 0 Å². The van der Waals surface area contributed by atoms with Crippen LogP contribution in [0, 0.1) is 11.8 Å². The fourth-order valence-electron chi connectivity index (χ4n) is 1.81. The van der Waals surface area contributed by atoms with Gasteiger partial charge >= 0.3 is 11.9 Å². The lowest BCUT2D eigenvalue weighted by molar-refractivity contribution is -0.143. The molecule has 0 aliphatic heterocycles. The quantitative estimate of drug-likeness (QED) is 0.416. The van der Waals surface area contributed by atoms with Crippen molar-refractivity contribution in [3.05, 3.63) is 12.2 Å². The minimum Gasteiger partial charge on any atom is -0.460 e. The lowest BCUT2D eigenvalue weighted by atomic mass is 10.1. The molecule has 2 N–H and O–H groups in total. The molecule has 0 spiro atoms. The first-order chi connectivity index (χ1) is 11.2. The van der Waals surface area contributed by atoms with Gasteiger partial charge < -0.3 is 19.7 Å². The molecule has 0 heterocycles. The van der Waals surface area contributed by atoms with Crippen molar-refractivity contribution in [3.63, 3.8) is 0 Å². The van der Waals surface area contributed by atoms with Crippen molar-refractivity contribution in [2.45, 2.75) is 65.6 Å². The second-order valence-electron chi connectivity index (χ2n) is 6.84. The van der Waals surface area contributed by atoms with Gasteiger partial charge in [-0.1, -0.05) is 27.7 Å². The Morgan fingerprint density at radius 3 is 1.38 bits per heavy atom. The van der Waals surface area contributed by atoms with Crippen LogP contribution in [-0.2, 0) is 19.1 Å². The number of carbonyl (C=O) groups is 2. The molecule has 0 aromatic heterocycles. The van der Waals surface area contributed by atoms with Crippen LogP contribution in [0.4, 0.5) is 0 Å². The number of carbonyl (C=O) groups excluding carboxylic acids is 2. The van der Waals surface area contributed by atoms with E-state index in [2.05, 4.69) is 0 Å². The molecule has 6 nitrogen and oxygen atoms in total. The van der Waals surface area contributed by atoms with Gasteiger partial charge in [0.05, 0.1) is 12.2 Å². The molecule has 2 atom stereocenters. The number of ether oxygens (including phenoxy) is 2. The highest BCUT2D eigenvalue weighted by Crippen LogP contribution is 2.08. The lowest BCUT2D eigenvalue weighted by Gasteiger charge is -2.12. The molecule has 0 saturated heterocycles. The van der Waals surface area contributed by atoms with Gasteiger partial charge in [0.2, 0.25) is 0 Å². The smallest absolute Gasteiger partial charge is 0.331 e. The average molecular weight is 344 g/mol. The van der Waals surface area contributed by atoms with Gasteiger partial charge in [-0.05, 0) is 37.5 Å². The number of aliphatic hydroxyl groups excluding tert-OH is 2. The van der Waals surface area contributed by atoms with E-state index in [1.165, 1.54) is 0 Å². The monoisotopic (exact) mass is 344 g/mol. The van der Waals surface area contributed by atoms with Crippen molar-refractivity contribution >= 4 is 11.9 Å².